The van der Waals surface area contributed by atoms with E-state index in [4.69, 9.17) is 25.8 Å². The summed E-state index contributed by atoms with van der Waals surface area (Å²) in [4.78, 5) is 25.5. The molecular weight excluding hydrogens is 430 g/mol. The minimum atomic E-state index is -0.432. The van der Waals surface area contributed by atoms with Crippen molar-refractivity contribution in [3.05, 3.63) is 57.7 Å². The van der Waals surface area contributed by atoms with Crippen molar-refractivity contribution in [1.82, 2.24) is 4.57 Å². The SMILES string of the molecule is CCCc1c(C(=O)C(C)C)c2cc(C(=O)OC)ccc2n1Cc1cc2c(cc1Cl)OCO2. The number of rotatable bonds is 7. The lowest BCUT2D eigenvalue weighted by atomic mass is 9.96. The van der Waals surface area contributed by atoms with E-state index in [2.05, 4.69) is 11.5 Å². The molecule has 32 heavy (non-hydrogen) atoms. The molecule has 0 fully saturated rings. The second-order valence-corrected chi connectivity index (χ2v) is 8.60. The highest BCUT2D eigenvalue weighted by Gasteiger charge is 2.26. The Morgan fingerprint density at radius 2 is 1.88 bits per heavy atom. The first-order valence-corrected chi connectivity index (χ1v) is 11.1. The largest absolute Gasteiger partial charge is 0.465 e. The van der Waals surface area contributed by atoms with E-state index in [9.17, 15) is 9.59 Å². The van der Waals surface area contributed by atoms with E-state index in [0.717, 1.165) is 35.0 Å². The monoisotopic (exact) mass is 455 g/mol. The molecule has 0 radical (unpaired) electrons. The van der Waals surface area contributed by atoms with Crippen LogP contribution in [0, 0.1) is 5.92 Å². The van der Waals surface area contributed by atoms with Gasteiger partial charge in [0, 0.05) is 45.7 Å². The van der Waals surface area contributed by atoms with Crippen molar-refractivity contribution in [3.8, 4) is 11.5 Å². The van der Waals surface area contributed by atoms with Crippen LogP contribution in [0.5, 0.6) is 11.5 Å². The number of methoxy groups -OCH3 is 1. The van der Waals surface area contributed by atoms with Crippen molar-refractivity contribution < 1.29 is 23.8 Å². The molecule has 0 spiro atoms. The molecule has 0 bridgehead atoms. The topological polar surface area (TPSA) is 66.8 Å². The maximum atomic E-state index is 13.3. The zero-order chi connectivity index (χ0) is 23.0. The third kappa shape index (κ3) is 3.84. The summed E-state index contributed by atoms with van der Waals surface area (Å²) >= 11 is 6.57. The molecule has 1 aliphatic rings. The fourth-order valence-electron chi connectivity index (χ4n) is 4.14. The number of fused-ring (bicyclic) bond motifs is 2. The minimum Gasteiger partial charge on any atom is -0.465 e. The van der Waals surface area contributed by atoms with Crippen molar-refractivity contribution in [3.63, 3.8) is 0 Å². The third-order valence-corrected chi connectivity index (χ3v) is 6.07. The first-order valence-electron chi connectivity index (χ1n) is 10.7. The summed E-state index contributed by atoms with van der Waals surface area (Å²) in [6.45, 7) is 6.50. The van der Waals surface area contributed by atoms with Gasteiger partial charge in [0.25, 0.3) is 0 Å². The second-order valence-electron chi connectivity index (χ2n) is 8.20. The Kier molecular flexibility index (Phi) is 6.15. The van der Waals surface area contributed by atoms with Crippen LogP contribution >= 0.6 is 11.6 Å². The zero-order valence-electron chi connectivity index (χ0n) is 18.7. The van der Waals surface area contributed by atoms with Gasteiger partial charge in [-0.25, -0.2) is 4.79 Å². The molecule has 0 atom stereocenters. The van der Waals surface area contributed by atoms with Crippen molar-refractivity contribution in [2.75, 3.05) is 13.9 Å². The van der Waals surface area contributed by atoms with Gasteiger partial charge in [0.1, 0.15) is 0 Å². The van der Waals surface area contributed by atoms with Crippen LogP contribution in [-0.2, 0) is 17.7 Å². The smallest absolute Gasteiger partial charge is 0.337 e. The highest BCUT2D eigenvalue weighted by molar-refractivity contribution is 6.31. The lowest BCUT2D eigenvalue weighted by Gasteiger charge is -2.14. The van der Waals surface area contributed by atoms with Crippen LogP contribution in [0.2, 0.25) is 5.02 Å². The van der Waals surface area contributed by atoms with Gasteiger partial charge in [0.2, 0.25) is 6.79 Å². The number of nitrogens with zero attached hydrogens (tertiary/aromatic N) is 1. The number of benzene rings is 2. The molecule has 6 nitrogen and oxygen atoms in total. The molecule has 0 aliphatic carbocycles. The van der Waals surface area contributed by atoms with Crippen LogP contribution in [0.4, 0.5) is 0 Å². The number of ketones is 1. The zero-order valence-corrected chi connectivity index (χ0v) is 19.4. The maximum absolute atomic E-state index is 13.3. The molecule has 0 unspecified atom stereocenters. The Morgan fingerprint density at radius 1 is 1.16 bits per heavy atom. The number of Topliss-reactive ketones (excluding diaryl/α,β-unsaturated/α-hetero) is 1. The lowest BCUT2D eigenvalue weighted by Crippen LogP contribution is -2.12. The quantitative estimate of drug-likeness (QED) is 0.340. The molecule has 3 aromatic rings. The Balaban J connectivity index is 1.94. The molecule has 2 aromatic carbocycles. The summed E-state index contributed by atoms with van der Waals surface area (Å²) in [7, 11) is 1.35. The van der Waals surface area contributed by atoms with Crippen LogP contribution in [0.15, 0.2) is 30.3 Å². The van der Waals surface area contributed by atoms with Crippen LogP contribution in [0.1, 0.15) is 59.2 Å². The molecule has 2 heterocycles. The summed E-state index contributed by atoms with van der Waals surface area (Å²) in [5.74, 6) is 0.725. The number of aromatic nitrogens is 1. The van der Waals surface area contributed by atoms with Gasteiger partial charge >= 0.3 is 5.97 Å². The van der Waals surface area contributed by atoms with Gasteiger partial charge in [-0.1, -0.05) is 38.8 Å². The number of carbonyl (C=O) groups is 2. The summed E-state index contributed by atoms with van der Waals surface area (Å²) < 4.78 is 18.0. The second kappa shape index (κ2) is 8.87. The average Bonchev–Trinajstić information content (AvgIpc) is 3.34. The van der Waals surface area contributed by atoms with Gasteiger partial charge in [-0.3, -0.25) is 4.79 Å². The lowest BCUT2D eigenvalue weighted by molar-refractivity contribution is 0.0600. The number of hydrogen-bond donors (Lipinski definition) is 0. The van der Waals surface area contributed by atoms with Gasteiger partial charge in [0.15, 0.2) is 17.3 Å². The molecular formula is C25H26ClNO5. The summed E-state index contributed by atoms with van der Waals surface area (Å²) in [6, 6.07) is 9.01. The first-order chi connectivity index (χ1) is 15.3. The number of halogens is 1. The van der Waals surface area contributed by atoms with Gasteiger partial charge in [-0.2, -0.15) is 0 Å². The van der Waals surface area contributed by atoms with Crippen molar-refractivity contribution in [2.24, 2.45) is 5.92 Å². The van der Waals surface area contributed by atoms with E-state index < -0.39 is 5.97 Å². The van der Waals surface area contributed by atoms with E-state index in [0.29, 0.717) is 34.2 Å². The van der Waals surface area contributed by atoms with Gasteiger partial charge in [-0.05, 0) is 36.2 Å². The van der Waals surface area contributed by atoms with E-state index >= 15 is 0 Å². The standard InChI is InChI=1S/C25H26ClNO5/c1-5-6-20-23(24(28)14(2)3)17-9-15(25(29)30-4)7-8-19(17)27(20)12-16-10-21-22(11-18(16)26)32-13-31-21/h7-11,14H,5-6,12-13H2,1-4H3. The first kappa shape index (κ1) is 22.2. The molecule has 0 saturated carbocycles. The summed E-state index contributed by atoms with van der Waals surface area (Å²) in [6.07, 6.45) is 1.59. The molecule has 1 aromatic heterocycles. The molecule has 7 heteroatoms. The van der Waals surface area contributed by atoms with Gasteiger partial charge in [-0.15, -0.1) is 0 Å². The fourth-order valence-corrected chi connectivity index (χ4v) is 4.36. The van der Waals surface area contributed by atoms with Crippen molar-refractivity contribution in [2.45, 2.75) is 40.2 Å². The highest BCUT2D eigenvalue weighted by atomic mass is 35.5. The Hall–Kier alpha value is -2.99. The Morgan fingerprint density at radius 3 is 2.53 bits per heavy atom. The van der Waals surface area contributed by atoms with Crippen molar-refractivity contribution >= 4 is 34.3 Å². The normalized spacial score (nSPS) is 12.6. The molecule has 0 saturated heterocycles. The molecule has 168 valence electrons. The third-order valence-electron chi connectivity index (χ3n) is 5.72. The van der Waals surface area contributed by atoms with E-state index in [1.165, 1.54) is 7.11 Å². The van der Waals surface area contributed by atoms with Crippen LogP contribution in [0.3, 0.4) is 0 Å². The van der Waals surface area contributed by atoms with E-state index in [1.807, 2.05) is 26.0 Å². The van der Waals surface area contributed by atoms with Crippen molar-refractivity contribution in [1.29, 1.82) is 0 Å². The maximum Gasteiger partial charge on any atom is 0.337 e. The molecule has 1 aliphatic heterocycles. The number of ether oxygens (including phenoxy) is 3. The molecule has 0 amide bonds. The van der Waals surface area contributed by atoms with Crippen LogP contribution in [0.25, 0.3) is 10.9 Å². The Bertz CT molecular complexity index is 1210. The number of hydrogen-bond acceptors (Lipinski definition) is 5. The minimum absolute atomic E-state index is 0.0519. The number of carbonyl (C=O) groups excluding carboxylic acids is 2. The predicted molar refractivity (Wildman–Crippen MR) is 123 cm³/mol. The summed E-state index contributed by atoms with van der Waals surface area (Å²) in [5.41, 5.74) is 3.76. The average molecular weight is 456 g/mol. The van der Waals surface area contributed by atoms with Gasteiger partial charge in [0.05, 0.1) is 12.7 Å². The van der Waals surface area contributed by atoms with Gasteiger partial charge < -0.3 is 18.8 Å². The molecule has 0 N–H and O–H groups in total. The fraction of sp³-hybridized carbons (Fsp3) is 0.360. The molecule has 4 rings (SSSR count). The Labute approximate surface area is 192 Å². The summed E-state index contributed by atoms with van der Waals surface area (Å²) in [5, 5.41) is 1.33. The van der Waals surface area contributed by atoms with E-state index in [-0.39, 0.29) is 18.5 Å². The van der Waals surface area contributed by atoms with Crippen LogP contribution in [-0.4, -0.2) is 30.2 Å². The highest BCUT2D eigenvalue weighted by Crippen LogP contribution is 2.38. The van der Waals surface area contributed by atoms with Crippen LogP contribution < -0.4 is 9.47 Å². The predicted octanol–water partition coefficient (Wildman–Crippen LogP) is 5.65. The van der Waals surface area contributed by atoms with E-state index in [1.54, 1.807) is 18.2 Å². The number of esters is 1.